The third-order valence-electron chi connectivity index (χ3n) is 19.9. The van der Waals surface area contributed by atoms with E-state index in [1.807, 2.05) is 0 Å². The van der Waals surface area contributed by atoms with E-state index in [9.17, 15) is 112 Å². The van der Waals surface area contributed by atoms with Gasteiger partial charge in [-0.05, 0) is 91.1 Å². The number of hydrogen-bond acceptors (Lipinski definition) is 25. The van der Waals surface area contributed by atoms with Gasteiger partial charge in [0.05, 0.1) is 37.4 Å². The number of benzene rings is 4. The number of primary amides is 2. The lowest BCUT2D eigenvalue weighted by atomic mass is 9.85. The van der Waals surface area contributed by atoms with Gasteiger partial charge >= 0.3 is 23.9 Å². The first-order valence-electron chi connectivity index (χ1n) is 41.0. The number of carboxylic acid groups (broad SMARTS) is 4. The van der Waals surface area contributed by atoms with Gasteiger partial charge in [-0.15, -0.1) is 0 Å². The van der Waals surface area contributed by atoms with Gasteiger partial charge in [0, 0.05) is 73.2 Å². The summed E-state index contributed by atoms with van der Waals surface area (Å²) in [6.45, 7) is 13.6. The number of nitrogens with one attached hydrogen (secondary N) is 14. The number of carbonyl (C=O) groups is 19. The van der Waals surface area contributed by atoms with E-state index in [1.54, 1.807) is 107 Å². The molecule has 15 amide bonds. The first kappa shape index (κ1) is 107. The quantitative estimate of drug-likeness (QED) is 0.0293. The van der Waals surface area contributed by atoms with Gasteiger partial charge in [-0.3, -0.25) is 91.1 Å². The number of fused-ring (bicyclic) bond motifs is 1. The molecule has 15 atom stereocenters. The standard InChI is InChI=1S/C85H115N17O24S3/c1-9-47(10-2)40-129-43-64-83(125)94-56(28-30-67(107)108)76(118)99-61(38-69(111)112)81(123)97-58(33-48-17-12-11-13-18-48)79(121)96-57(34-49-23-25-53(103)26-24-49)78(120)92-52(36-68(109)110)39-89-70(85(6,7)8)84(126)100-62(71(88)113)41-127-31-32-128-42-63(101-72(114)44(3)86)82(124)91-45(4)73(115)95-60(37-65(87)104)80(122)93-55(27-29-66(105)106)75(117)98-59(77(119)90-46(5)74(116)102-64)35-51-21-16-20-50-19-14-15-22-54(50)51/h9-26,44-46,52,55-64,70,89,103H,1,27-43,86H2,2-8H3,(H2,87,104)(H2,88,113)(H,90,119)(H,91,124)(H,92,120)(H,93,122)(H,94,125)(H,95,115)(H,96,121)(H,97,123)(H,98,117)(H,99,118)(H,100,126)(H,101,114)(H,102,116)(H,105,106)(H,107,108)(H,109,110)(H,111,112)/b47-10+/t44-,45+,46+,52-,55-,56-,57-,58-,59-,60-,61-,62-,63-,64+,70+/m0/s1. The Bertz CT molecular complexity index is 4710. The highest BCUT2D eigenvalue weighted by molar-refractivity contribution is 8.03. The summed E-state index contributed by atoms with van der Waals surface area (Å²) in [6.07, 6.45) is -4.20. The minimum atomic E-state index is -2.17. The van der Waals surface area contributed by atoms with E-state index in [1.165, 1.54) is 51.1 Å². The lowest BCUT2D eigenvalue weighted by Crippen LogP contribution is -2.61. The van der Waals surface area contributed by atoms with Crippen LogP contribution in [0.5, 0.6) is 5.75 Å². The normalized spacial score (nSPS) is 24.0. The zero-order valence-electron chi connectivity index (χ0n) is 72.2. The van der Waals surface area contributed by atoms with Crippen molar-refractivity contribution in [3.63, 3.8) is 0 Å². The molecule has 1 fully saturated rings. The molecule has 4 aromatic carbocycles. The van der Waals surface area contributed by atoms with E-state index in [2.05, 4.69) is 81.0 Å². The number of carbonyl (C=O) groups excluding carboxylic acids is 15. The molecule has 0 bridgehead atoms. The topological polar surface area (TPSA) is 672 Å². The molecule has 5 rings (SSSR count). The molecule has 1 aliphatic rings. The van der Waals surface area contributed by atoms with Crippen LogP contribution in [0.1, 0.15) is 110 Å². The van der Waals surface area contributed by atoms with Gasteiger partial charge in [-0.25, -0.2) is 0 Å². The number of rotatable bonds is 26. The number of allylic oxidation sites excluding steroid dienone is 2. The number of thioether (sulfide) groups is 3. The maximum atomic E-state index is 15.0. The number of carboxylic acids is 4. The van der Waals surface area contributed by atoms with E-state index in [0.717, 1.165) is 35.3 Å². The summed E-state index contributed by atoms with van der Waals surface area (Å²) in [5, 5.41) is 86.9. The van der Waals surface area contributed by atoms with Crippen LogP contribution < -0.4 is 91.6 Å². The van der Waals surface area contributed by atoms with Gasteiger partial charge in [0.1, 0.15) is 78.3 Å². The maximum absolute atomic E-state index is 15.0. The molecule has 129 heavy (non-hydrogen) atoms. The van der Waals surface area contributed by atoms with Gasteiger partial charge in [-0.2, -0.15) is 35.3 Å². The van der Waals surface area contributed by atoms with Gasteiger partial charge in [-0.1, -0.05) is 124 Å². The average molecular weight is 1860 g/mol. The second-order valence-electron chi connectivity index (χ2n) is 31.5. The van der Waals surface area contributed by atoms with Crippen molar-refractivity contribution < 1.29 is 117 Å². The molecule has 0 aromatic heterocycles. The number of phenolic OH excluding ortho intramolecular Hbond substituents is 1. The number of amides is 15. The molecule has 41 nitrogen and oxygen atoms in total. The third kappa shape index (κ3) is 37.7. The largest absolute Gasteiger partial charge is 0.508 e. The zero-order chi connectivity index (χ0) is 95.9. The predicted molar refractivity (Wildman–Crippen MR) is 478 cm³/mol. The lowest BCUT2D eigenvalue weighted by molar-refractivity contribution is -0.142. The van der Waals surface area contributed by atoms with Gasteiger partial charge in [0.25, 0.3) is 0 Å². The number of hydrogen-bond donors (Lipinski definition) is 22. The lowest BCUT2D eigenvalue weighted by Gasteiger charge is -2.33. The highest BCUT2D eigenvalue weighted by Crippen LogP contribution is 2.24. The number of phenols is 1. The SMILES string of the molecule is C=C/C(=C\C)CSC[C@H]1NC(=O)[C@@H](C)NC(=O)[C@H](Cc2cccc3ccccc23)NC(=O)[C@H](CCC(=O)O)NC(=O)[C@H](CC(N)=O)NC(=O)[C@@H](C)NC(=O)[C@@H](NC(=O)[C@H](C)N)CSCCSC[C@@H](C(N)=O)NC(=O)[C@H](C(C)(C)C)NC[C@H](CC(=O)O)NC(=O)[C@H](Cc2ccc(O)cc2)NC(=O)[C@H](Cc2ccccc2)NC(=O)[C@H](CC(=O)O)NC(=O)[C@H](CCC(=O)O)NC1=O. The van der Waals surface area contributed by atoms with Gasteiger partial charge in [0.15, 0.2) is 0 Å². The van der Waals surface area contributed by atoms with Gasteiger partial charge < -0.3 is 117 Å². The second kappa shape index (κ2) is 53.2. The molecule has 1 aliphatic heterocycles. The van der Waals surface area contributed by atoms with E-state index in [0.29, 0.717) is 33.0 Å². The van der Waals surface area contributed by atoms with Crippen LogP contribution >= 0.6 is 35.3 Å². The first-order chi connectivity index (χ1) is 60.9. The smallest absolute Gasteiger partial charge is 0.305 e. The van der Waals surface area contributed by atoms with E-state index in [-0.39, 0.29) is 46.7 Å². The van der Waals surface area contributed by atoms with Crippen molar-refractivity contribution >= 4 is 159 Å². The Morgan fingerprint density at radius 1 is 0.512 bits per heavy atom. The maximum Gasteiger partial charge on any atom is 0.305 e. The van der Waals surface area contributed by atoms with E-state index in [4.69, 9.17) is 17.2 Å². The van der Waals surface area contributed by atoms with E-state index >= 15 is 4.79 Å². The van der Waals surface area contributed by atoms with Crippen LogP contribution in [0.4, 0.5) is 0 Å². The number of aromatic hydroxyl groups is 1. The van der Waals surface area contributed by atoms with Crippen molar-refractivity contribution in [2.45, 2.75) is 203 Å². The molecule has 0 unspecified atom stereocenters. The van der Waals surface area contributed by atoms with Crippen LogP contribution in [0.3, 0.4) is 0 Å². The molecule has 25 N–H and O–H groups in total. The summed E-state index contributed by atoms with van der Waals surface area (Å²) < 4.78 is 0. The van der Waals surface area contributed by atoms with Gasteiger partial charge in [0.2, 0.25) is 88.6 Å². The van der Waals surface area contributed by atoms with Crippen molar-refractivity contribution in [3.8, 4) is 5.75 Å². The summed E-state index contributed by atoms with van der Waals surface area (Å²) in [5.41, 5.74) is 17.9. The zero-order valence-corrected chi connectivity index (χ0v) is 74.7. The monoisotopic (exact) mass is 1850 g/mol. The predicted octanol–water partition coefficient (Wildman–Crippen LogP) is -2.35. The van der Waals surface area contributed by atoms with Crippen molar-refractivity contribution in [2.24, 2.45) is 22.6 Å². The van der Waals surface area contributed by atoms with Crippen molar-refractivity contribution in [2.75, 3.05) is 41.1 Å². The first-order valence-corrected chi connectivity index (χ1v) is 44.5. The van der Waals surface area contributed by atoms with Crippen LogP contribution in [0.15, 0.2) is 121 Å². The fraction of sp³-hybridized carbons (Fsp3) is 0.471. The van der Waals surface area contributed by atoms with E-state index < -0.39 is 273 Å². The summed E-state index contributed by atoms with van der Waals surface area (Å²) in [6, 6.07) is 0.221. The summed E-state index contributed by atoms with van der Waals surface area (Å²) >= 11 is 3.28. The molecule has 702 valence electrons. The summed E-state index contributed by atoms with van der Waals surface area (Å²) in [7, 11) is 0. The number of nitrogens with two attached hydrogens (primary N) is 3. The minimum absolute atomic E-state index is 0.135. The highest BCUT2D eigenvalue weighted by Gasteiger charge is 2.40. The molecule has 0 saturated carbocycles. The van der Waals surface area contributed by atoms with Crippen LogP contribution in [0, 0.1) is 5.41 Å². The molecule has 0 radical (unpaired) electrons. The molecule has 0 aliphatic carbocycles. The molecular weight excluding hydrogens is 1740 g/mol. The Kier molecular flexibility index (Phi) is 44.1. The third-order valence-corrected chi connectivity index (χ3v) is 23.4. The summed E-state index contributed by atoms with van der Waals surface area (Å²) in [5.74, 6) is -23.2. The average Bonchev–Trinajstić information content (AvgIpc) is 0.814. The molecular formula is C85H115N17O24S3. The fourth-order valence-electron chi connectivity index (χ4n) is 12.8. The highest BCUT2D eigenvalue weighted by atomic mass is 32.2. The molecule has 1 saturated heterocycles. The Labute approximate surface area is 756 Å². The number of aliphatic carboxylic acids is 4. The van der Waals surface area contributed by atoms with Crippen LogP contribution in [0.2, 0.25) is 0 Å². The van der Waals surface area contributed by atoms with Crippen LogP contribution in [-0.4, -0.2) is 270 Å². The van der Waals surface area contributed by atoms with Crippen molar-refractivity contribution in [1.29, 1.82) is 0 Å². The Morgan fingerprint density at radius 3 is 1.48 bits per heavy atom. The molecule has 1 heterocycles. The second-order valence-corrected chi connectivity index (χ2v) is 34.9. The Balaban J connectivity index is 1.64. The van der Waals surface area contributed by atoms with Crippen LogP contribution in [0.25, 0.3) is 10.8 Å². The molecule has 4 aromatic rings. The Morgan fingerprint density at radius 2 is 0.961 bits per heavy atom. The summed E-state index contributed by atoms with van der Waals surface area (Å²) in [4.78, 5) is 264. The minimum Gasteiger partial charge on any atom is -0.508 e. The fourth-order valence-corrected chi connectivity index (χ4v) is 16.2. The van der Waals surface area contributed by atoms with Crippen LogP contribution in [-0.2, 0) is 110 Å². The molecule has 0 spiro atoms. The Hall–Kier alpha value is -12.7. The van der Waals surface area contributed by atoms with Crippen molar-refractivity contribution in [3.05, 3.63) is 138 Å². The van der Waals surface area contributed by atoms with Crippen molar-refractivity contribution in [1.82, 2.24) is 74.4 Å². The molecule has 44 heteroatoms.